The van der Waals surface area contributed by atoms with E-state index in [0.29, 0.717) is 12.5 Å². The van der Waals surface area contributed by atoms with Gasteiger partial charge in [-0.25, -0.2) is 4.99 Å². The van der Waals surface area contributed by atoms with E-state index in [0.717, 1.165) is 12.1 Å². The number of rotatable bonds is 2. The number of carbonyl (C=O) groups excluding carboxylic acids is 2. The first-order valence-corrected chi connectivity index (χ1v) is 10.2. The summed E-state index contributed by atoms with van der Waals surface area (Å²) in [6.07, 6.45) is 0.829. The van der Waals surface area contributed by atoms with Gasteiger partial charge < -0.3 is 9.64 Å². The molecule has 1 amide bonds. The highest BCUT2D eigenvalue weighted by atomic mass is 16.5. The molecule has 31 heavy (non-hydrogen) atoms. The minimum atomic E-state index is -0.475. The van der Waals surface area contributed by atoms with Gasteiger partial charge in [0.1, 0.15) is 5.75 Å². The van der Waals surface area contributed by atoms with Gasteiger partial charge in [-0.15, -0.1) is 0 Å². The third-order valence-corrected chi connectivity index (χ3v) is 5.61. The van der Waals surface area contributed by atoms with Crippen molar-refractivity contribution in [3.63, 3.8) is 0 Å². The highest BCUT2D eigenvalue weighted by Crippen LogP contribution is 2.39. The Kier molecular flexibility index (Phi) is 4.75. The second kappa shape index (κ2) is 7.72. The number of amides is 1. The number of para-hydroxylation sites is 2. The molecule has 3 aromatic carbocycles. The van der Waals surface area contributed by atoms with E-state index in [-0.39, 0.29) is 23.3 Å². The maximum absolute atomic E-state index is 13.1. The van der Waals surface area contributed by atoms with Crippen LogP contribution in [0.1, 0.15) is 40.0 Å². The van der Waals surface area contributed by atoms with E-state index >= 15 is 0 Å². The molecule has 0 radical (unpaired) electrons. The predicted octanol–water partition coefficient (Wildman–Crippen LogP) is 3.86. The van der Waals surface area contributed by atoms with Crippen molar-refractivity contribution in [2.24, 2.45) is 4.99 Å². The molecule has 1 atom stereocenters. The number of esters is 1. The second-order valence-corrected chi connectivity index (χ2v) is 7.60. The van der Waals surface area contributed by atoms with Crippen molar-refractivity contribution >= 4 is 23.5 Å². The molecule has 154 valence electrons. The first-order valence-electron chi connectivity index (χ1n) is 10.2. The molecule has 0 saturated heterocycles. The van der Waals surface area contributed by atoms with Gasteiger partial charge in [0.05, 0.1) is 18.2 Å². The number of hydrogen-bond acceptors (Lipinski definition) is 5. The Bertz CT molecular complexity index is 1220. The van der Waals surface area contributed by atoms with Gasteiger partial charge in [-0.3, -0.25) is 14.9 Å². The van der Waals surface area contributed by atoms with Crippen LogP contribution >= 0.6 is 0 Å². The fraction of sp³-hybridized carbons (Fsp3) is 0.160. The number of aliphatic imine (C=N–C) groups is 1. The number of anilines is 1. The van der Waals surface area contributed by atoms with E-state index in [1.165, 1.54) is 23.6 Å². The lowest BCUT2D eigenvalue weighted by atomic mass is 9.97. The number of ether oxygens (including phenoxy) is 1. The molecule has 0 fully saturated rings. The van der Waals surface area contributed by atoms with Gasteiger partial charge in [-0.1, -0.05) is 54.6 Å². The highest BCUT2D eigenvalue weighted by Gasteiger charge is 2.36. The lowest BCUT2D eigenvalue weighted by Gasteiger charge is -2.28. The Balaban J connectivity index is 1.51. The molecule has 6 heteroatoms. The number of fused-ring (bicyclic) bond motifs is 5. The summed E-state index contributed by atoms with van der Waals surface area (Å²) in [5.41, 5.74) is 4.99. The van der Waals surface area contributed by atoms with Crippen LogP contribution in [0.25, 0.3) is 0 Å². The number of benzene rings is 3. The molecule has 0 spiro atoms. The van der Waals surface area contributed by atoms with Crippen LogP contribution in [0.4, 0.5) is 5.69 Å². The normalized spacial score (nSPS) is 16.4. The largest absolute Gasteiger partial charge is 0.426 e. The van der Waals surface area contributed by atoms with Gasteiger partial charge in [0.2, 0.25) is 5.96 Å². The van der Waals surface area contributed by atoms with Gasteiger partial charge in [0.15, 0.2) is 0 Å². The Morgan fingerprint density at radius 2 is 1.68 bits per heavy atom. The molecule has 0 aliphatic carbocycles. The van der Waals surface area contributed by atoms with Crippen molar-refractivity contribution in [1.82, 2.24) is 5.32 Å². The van der Waals surface area contributed by atoms with Crippen molar-refractivity contribution in [3.8, 4) is 5.75 Å². The van der Waals surface area contributed by atoms with E-state index < -0.39 is 5.97 Å². The van der Waals surface area contributed by atoms with Crippen molar-refractivity contribution in [2.75, 3.05) is 11.4 Å². The Morgan fingerprint density at radius 3 is 2.52 bits per heavy atom. The SMILES string of the molecule is CC(=O)Oc1ccccc1C(=O)NC1=NCC2c3ccccc3Cc3ccccc3N12. The van der Waals surface area contributed by atoms with Crippen LogP contribution in [-0.2, 0) is 11.2 Å². The number of nitrogens with zero attached hydrogens (tertiary/aromatic N) is 2. The van der Waals surface area contributed by atoms with Gasteiger partial charge in [0.25, 0.3) is 5.91 Å². The number of carbonyl (C=O) groups is 2. The first kappa shape index (κ1) is 19.1. The average Bonchev–Trinajstić information content (AvgIpc) is 3.11. The lowest BCUT2D eigenvalue weighted by molar-refractivity contribution is -0.131. The van der Waals surface area contributed by atoms with E-state index in [2.05, 4.69) is 45.5 Å². The summed E-state index contributed by atoms with van der Waals surface area (Å²) in [5.74, 6) is -0.121. The van der Waals surface area contributed by atoms with Crippen LogP contribution in [0.15, 0.2) is 77.8 Å². The molecule has 2 heterocycles. The summed E-state index contributed by atoms with van der Waals surface area (Å²) in [4.78, 5) is 31.3. The number of nitrogens with one attached hydrogen (secondary N) is 1. The van der Waals surface area contributed by atoms with E-state index in [4.69, 9.17) is 4.74 Å². The van der Waals surface area contributed by atoms with Crippen LogP contribution in [0.5, 0.6) is 5.75 Å². The quantitative estimate of drug-likeness (QED) is 0.513. The molecule has 5 rings (SSSR count). The maximum Gasteiger partial charge on any atom is 0.308 e. The summed E-state index contributed by atoms with van der Waals surface area (Å²) in [6, 6.07) is 23.3. The van der Waals surface area contributed by atoms with Gasteiger partial charge >= 0.3 is 5.97 Å². The summed E-state index contributed by atoms with van der Waals surface area (Å²) in [5, 5.41) is 2.95. The molecule has 2 aliphatic rings. The van der Waals surface area contributed by atoms with Gasteiger partial charge in [0, 0.05) is 12.6 Å². The van der Waals surface area contributed by atoms with Crippen molar-refractivity contribution in [3.05, 3.63) is 95.1 Å². The molecule has 0 bridgehead atoms. The third-order valence-electron chi connectivity index (χ3n) is 5.61. The highest BCUT2D eigenvalue weighted by molar-refractivity contribution is 6.13. The van der Waals surface area contributed by atoms with E-state index in [9.17, 15) is 9.59 Å². The van der Waals surface area contributed by atoms with Crippen molar-refractivity contribution in [2.45, 2.75) is 19.4 Å². The molecular formula is C25H21N3O3. The predicted molar refractivity (Wildman–Crippen MR) is 118 cm³/mol. The second-order valence-electron chi connectivity index (χ2n) is 7.60. The third kappa shape index (κ3) is 3.46. The van der Waals surface area contributed by atoms with E-state index in [1.54, 1.807) is 24.3 Å². The summed E-state index contributed by atoms with van der Waals surface area (Å²) in [6.45, 7) is 1.86. The summed E-state index contributed by atoms with van der Waals surface area (Å²) < 4.78 is 5.21. The van der Waals surface area contributed by atoms with Gasteiger partial charge in [-0.05, 0) is 41.3 Å². The van der Waals surface area contributed by atoms with E-state index in [1.807, 2.05) is 18.2 Å². The summed E-state index contributed by atoms with van der Waals surface area (Å²) in [7, 11) is 0. The average molecular weight is 411 g/mol. The first-order chi connectivity index (χ1) is 15.1. The summed E-state index contributed by atoms with van der Waals surface area (Å²) >= 11 is 0. The molecular weight excluding hydrogens is 390 g/mol. The number of hydrogen-bond donors (Lipinski definition) is 1. The molecule has 1 unspecified atom stereocenters. The van der Waals surface area contributed by atoms with Crippen LogP contribution in [0.3, 0.4) is 0 Å². The molecule has 3 aromatic rings. The maximum atomic E-state index is 13.1. The Hall–Kier alpha value is -3.93. The Morgan fingerprint density at radius 1 is 0.968 bits per heavy atom. The number of guanidine groups is 1. The smallest absolute Gasteiger partial charge is 0.308 e. The minimum absolute atomic E-state index is 0.0128. The minimum Gasteiger partial charge on any atom is -0.426 e. The van der Waals surface area contributed by atoms with Crippen molar-refractivity contribution in [1.29, 1.82) is 0 Å². The van der Waals surface area contributed by atoms with Crippen LogP contribution in [-0.4, -0.2) is 24.4 Å². The van der Waals surface area contributed by atoms with Crippen molar-refractivity contribution < 1.29 is 14.3 Å². The lowest BCUT2D eigenvalue weighted by Crippen LogP contribution is -2.43. The molecule has 1 N–H and O–H groups in total. The topological polar surface area (TPSA) is 71.0 Å². The Labute approximate surface area is 180 Å². The molecule has 6 nitrogen and oxygen atoms in total. The van der Waals surface area contributed by atoms with Gasteiger partial charge in [-0.2, -0.15) is 0 Å². The zero-order chi connectivity index (χ0) is 21.4. The fourth-order valence-electron chi connectivity index (χ4n) is 4.29. The monoisotopic (exact) mass is 411 g/mol. The zero-order valence-corrected chi connectivity index (χ0v) is 17.0. The molecule has 2 aliphatic heterocycles. The van der Waals surface area contributed by atoms with Crippen LogP contribution in [0.2, 0.25) is 0 Å². The molecule has 0 saturated carbocycles. The van der Waals surface area contributed by atoms with Crippen LogP contribution in [0, 0.1) is 0 Å². The standard InChI is InChI=1S/C25H21N3O3/c1-16(29)31-23-13-7-5-11-20(23)24(30)27-25-26-15-22-19-10-4-2-8-17(19)14-18-9-3-6-12-21(18)28(22)25/h2-13,22H,14-15H2,1H3,(H,26,27,30). The zero-order valence-electron chi connectivity index (χ0n) is 17.0. The fourth-order valence-corrected chi connectivity index (χ4v) is 4.29. The van der Waals surface area contributed by atoms with Crippen LogP contribution < -0.4 is 15.0 Å². The molecule has 0 aromatic heterocycles.